The zero-order chi connectivity index (χ0) is 26.1. The van der Waals surface area contributed by atoms with Gasteiger partial charge in [-0.15, -0.1) is 0 Å². The number of nitrogens with one attached hydrogen (secondary N) is 3. The van der Waals surface area contributed by atoms with Crippen molar-refractivity contribution in [3.63, 3.8) is 0 Å². The van der Waals surface area contributed by atoms with Crippen molar-refractivity contribution in [1.29, 1.82) is 0 Å². The predicted molar refractivity (Wildman–Crippen MR) is 131 cm³/mol. The van der Waals surface area contributed by atoms with Gasteiger partial charge in [-0.1, -0.05) is 17.7 Å². The summed E-state index contributed by atoms with van der Waals surface area (Å²) in [4.78, 5) is 16.5. The van der Waals surface area contributed by atoms with Crippen LogP contribution in [0.4, 0.5) is 24.5 Å². The number of alkyl halides is 3. The third-order valence-corrected chi connectivity index (χ3v) is 6.23. The van der Waals surface area contributed by atoms with Gasteiger partial charge in [0.25, 0.3) is 5.91 Å². The number of halogens is 4. The third kappa shape index (κ3) is 6.56. The van der Waals surface area contributed by atoms with Crippen LogP contribution in [0.1, 0.15) is 22.5 Å². The molecular formula is C23H22ClF3N4O4S. The third-order valence-electron chi connectivity index (χ3n) is 5.39. The van der Waals surface area contributed by atoms with Crippen molar-refractivity contribution in [3.05, 3.63) is 64.8 Å². The number of amides is 1. The summed E-state index contributed by atoms with van der Waals surface area (Å²) in [6.07, 6.45) is -3.26. The lowest BCUT2D eigenvalue weighted by Gasteiger charge is -2.31. The Balaban J connectivity index is 1.50. The molecule has 8 nitrogen and oxygen atoms in total. The van der Waals surface area contributed by atoms with Gasteiger partial charge in [-0.25, -0.2) is 13.4 Å². The smallest absolute Gasteiger partial charge is 0.379 e. The van der Waals surface area contributed by atoms with Gasteiger partial charge in [0.2, 0.25) is 10.0 Å². The number of sulfonamides is 1. The first-order valence-electron chi connectivity index (χ1n) is 10.8. The van der Waals surface area contributed by atoms with E-state index in [4.69, 9.17) is 16.3 Å². The highest BCUT2D eigenvalue weighted by atomic mass is 35.5. The Labute approximate surface area is 210 Å². The standard InChI is InChI=1S/C23H22ClF3N4O4S/c1-36(33,34)31-15-4-2-3-13(7-15)22(32)29-17-9-16(11-35-12-17)28-20-10-21(23(25,26)27)30-19-6-5-14(24)8-18(19)20/h2-8,10,16-17,31H,9,11-12H2,1H3,(H,28,30)(H,29,32)/t16-,17+/m1/s1. The molecule has 0 bridgehead atoms. The summed E-state index contributed by atoms with van der Waals surface area (Å²) in [5.74, 6) is -0.443. The molecule has 0 spiro atoms. The van der Waals surface area contributed by atoms with Gasteiger partial charge in [0, 0.05) is 27.3 Å². The Hall–Kier alpha value is -3.09. The topological polar surface area (TPSA) is 109 Å². The van der Waals surface area contributed by atoms with Gasteiger partial charge in [0.15, 0.2) is 0 Å². The molecule has 13 heteroatoms. The zero-order valence-corrected chi connectivity index (χ0v) is 20.5. The summed E-state index contributed by atoms with van der Waals surface area (Å²) < 4.78 is 71.0. The molecule has 0 saturated carbocycles. The molecule has 4 rings (SSSR count). The zero-order valence-electron chi connectivity index (χ0n) is 18.9. The van der Waals surface area contributed by atoms with Crippen LogP contribution in [0.25, 0.3) is 10.9 Å². The molecule has 2 atom stereocenters. The first-order chi connectivity index (χ1) is 16.9. The maximum Gasteiger partial charge on any atom is 0.433 e. The monoisotopic (exact) mass is 542 g/mol. The molecule has 1 aliphatic rings. The minimum Gasteiger partial charge on any atom is -0.379 e. The maximum absolute atomic E-state index is 13.4. The number of rotatable bonds is 6. The lowest BCUT2D eigenvalue weighted by molar-refractivity contribution is -0.140. The number of fused-ring (bicyclic) bond motifs is 1. The van der Waals surface area contributed by atoms with E-state index in [1.165, 1.54) is 36.4 Å². The van der Waals surface area contributed by atoms with Gasteiger partial charge in [-0.3, -0.25) is 9.52 Å². The number of pyridine rings is 1. The number of carbonyl (C=O) groups excluding carboxylic acids is 1. The number of aromatic nitrogens is 1. The van der Waals surface area contributed by atoms with E-state index >= 15 is 0 Å². The molecule has 2 aromatic carbocycles. The summed E-state index contributed by atoms with van der Waals surface area (Å²) in [5, 5.41) is 6.70. The van der Waals surface area contributed by atoms with Crippen LogP contribution in [0.2, 0.25) is 5.02 Å². The molecule has 3 N–H and O–H groups in total. The fraction of sp³-hybridized carbons (Fsp3) is 0.304. The van der Waals surface area contributed by atoms with E-state index in [-0.39, 0.29) is 35.7 Å². The average molecular weight is 543 g/mol. The molecule has 1 fully saturated rings. The second kappa shape index (κ2) is 10.1. The van der Waals surface area contributed by atoms with Crippen LogP contribution in [0.5, 0.6) is 0 Å². The molecule has 36 heavy (non-hydrogen) atoms. The Morgan fingerprint density at radius 1 is 1.11 bits per heavy atom. The Morgan fingerprint density at radius 3 is 2.58 bits per heavy atom. The van der Waals surface area contributed by atoms with Crippen molar-refractivity contribution >= 4 is 49.8 Å². The number of hydrogen-bond donors (Lipinski definition) is 3. The molecule has 3 aromatic rings. The molecular weight excluding hydrogens is 521 g/mol. The highest BCUT2D eigenvalue weighted by Crippen LogP contribution is 2.34. The van der Waals surface area contributed by atoms with Crippen LogP contribution in [-0.2, 0) is 20.9 Å². The molecule has 192 valence electrons. The fourth-order valence-corrected chi connectivity index (χ4v) is 4.65. The minimum atomic E-state index is -4.63. The quantitative estimate of drug-likeness (QED) is 0.429. The van der Waals surface area contributed by atoms with Crippen molar-refractivity contribution in [3.8, 4) is 0 Å². The van der Waals surface area contributed by atoms with Crippen LogP contribution in [-0.4, -0.2) is 50.9 Å². The van der Waals surface area contributed by atoms with Crippen molar-refractivity contribution < 1.29 is 31.1 Å². The second-order valence-electron chi connectivity index (χ2n) is 8.45. The maximum atomic E-state index is 13.4. The van der Waals surface area contributed by atoms with Crippen molar-refractivity contribution in [2.45, 2.75) is 24.7 Å². The number of carbonyl (C=O) groups is 1. The first-order valence-corrected chi connectivity index (χ1v) is 13.0. The van der Waals surface area contributed by atoms with Gasteiger partial charge >= 0.3 is 6.18 Å². The highest BCUT2D eigenvalue weighted by molar-refractivity contribution is 7.92. The van der Waals surface area contributed by atoms with Crippen LogP contribution in [0.3, 0.4) is 0 Å². The number of benzene rings is 2. The van der Waals surface area contributed by atoms with Crippen LogP contribution in [0, 0.1) is 0 Å². The Morgan fingerprint density at radius 2 is 1.86 bits per heavy atom. The summed E-state index contributed by atoms with van der Waals surface area (Å²) >= 11 is 6.06. The molecule has 0 aliphatic carbocycles. The van der Waals surface area contributed by atoms with Crippen LogP contribution >= 0.6 is 11.6 Å². The van der Waals surface area contributed by atoms with Crippen molar-refractivity contribution in [1.82, 2.24) is 10.3 Å². The number of nitrogens with zero attached hydrogens (tertiary/aromatic N) is 1. The molecule has 0 radical (unpaired) electrons. The van der Waals surface area contributed by atoms with Gasteiger partial charge in [0.1, 0.15) is 5.69 Å². The van der Waals surface area contributed by atoms with Gasteiger partial charge in [-0.2, -0.15) is 13.2 Å². The van der Waals surface area contributed by atoms with E-state index in [0.717, 1.165) is 12.3 Å². The Bertz CT molecular complexity index is 1400. The number of ether oxygens (including phenoxy) is 1. The van der Waals surface area contributed by atoms with Gasteiger partial charge < -0.3 is 15.4 Å². The van der Waals surface area contributed by atoms with Gasteiger partial charge in [0.05, 0.1) is 37.1 Å². The van der Waals surface area contributed by atoms with Gasteiger partial charge in [-0.05, 0) is 48.9 Å². The fourth-order valence-electron chi connectivity index (χ4n) is 3.92. The molecule has 1 aromatic heterocycles. The SMILES string of the molecule is CS(=O)(=O)Nc1cccc(C(=O)N[C@@H]2COC[C@H](Nc3cc(C(F)(F)F)nc4ccc(Cl)cc34)C2)c1. The minimum absolute atomic E-state index is 0.140. The normalized spacial score (nSPS) is 18.6. The largest absolute Gasteiger partial charge is 0.433 e. The summed E-state index contributed by atoms with van der Waals surface area (Å²) in [6.45, 7) is 0.424. The van der Waals surface area contributed by atoms with Crippen molar-refractivity contribution in [2.75, 3.05) is 29.5 Å². The number of anilines is 2. The second-order valence-corrected chi connectivity index (χ2v) is 10.6. The lowest BCUT2D eigenvalue weighted by atomic mass is 10.0. The van der Waals surface area contributed by atoms with E-state index in [9.17, 15) is 26.4 Å². The molecule has 1 amide bonds. The van der Waals surface area contributed by atoms with Crippen molar-refractivity contribution in [2.24, 2.45) is 0 Å². The summed E-state index contributed by atoms with van der Waals surface area (Å²) in [5.41, 5.74) is -0.212. The van der Waals surface area contributed by atoms with Crippen LogP contribution < -0.4 is 15.4 Å². The molecule has 1 saturated heterocycles. The van der Waals surface area contributed by atoms with E-state index in [0.29, 0.717) is 16.8 Å². The predicted octanol–water partition coefficient (Wildman–Crippen LogP) is 4.28. The van der Waals surface area contributed by atoms with E-state index in [1.54, 1.807) is 6.07 Å². The van der Waals surface area contributed by atoms with E-state index in [1.807, 2.05) is 0 Å². The Kier molecular flexibility index (Phi) is 7.30. The highest BCUT2D eigenvalue weighted by Gasteiger charge is 2.34. The van der Waals surface area contributed by atoms with E-state index in [2.05, 4.69) is 20.3 Å². The summed E-state index contributed by atoms with van der Waals surface area (Å²) in [6, 6.07) is 10.5. The molecule has 1 aliphatic heterocycles. The van der Waals surface area contributed by atoms with Crippen LogP contribution in [0.15, 0.2) is 48.5 Å². The average Bonchev–Trinajstić information content (AvgIpc) is 2.78. The summed E-state index contributed by atoms with van der Waals surface area (Å²) in [7, 11) is -3.51. The number of hydrogen-bond acceptors (Lipinski definition) is 6. The molecule has 2 heterocycles. The lowest BCUT2D eigenvalue weighted by Crippen LogP contribution is -2.47. The molecule has 0 unspecified atom stereocenters. The van der Waals surface area contributed by atoms with E-state index < -0.39 is 39.9 Å². The first kappa shape index (κ1) is 26.0.